The van der Waals surface area contributed by atoms with Crippen molar-refractivity contribution < 1.29 is 37.2 Å². The van der Waals surface area contributed by atoms with Gasteiger partial charge >= 0.3 is 11.9 Å². The molecule has 1 aliphatic rings. The summed E-state index contributed by atoms with van der Waals surface area (Å²) in [6.07, 6.45) is -3.25. The van der Waals surface area contributed by atoms with E-state index >= 15 is 0 Å². The fourth-order valence-corrected chi connectivity index (χ4v) is 5.15. The van der Waals surface area contributed by atoms with Gasteiger partial charge in [-0.05, 0) is 77.0 Å². The van der Waals surface area contributed by atoms with Crippen LogP contribution in [0.3, 0.4) is 0 Å². The summed E-state index contributed by atoms with van der Waals surface area (Å²) >= 11 is 0.794. The lowest BCUT2D eigenvalue weighted by molar-refractivity contribution is -0.385. The van der Waals surface area contributed by atoms with Crippen LogP contribution < -0.4 is 9.47 Å². The van der Waals surface area contributed by atoms with Crippen molar-refractivity contribution >= 4 is 45.4 Å². The lowest BCUT2D eigenvalue weighted by Crippen LogP contribution is -2.27. The molecule has 1 aliphatic heterocycles. The van der Waals surface area contributed by atoms with E-state index in [0.29, 0.717) is 17.7 Å². The molecule has 12 heteroatoms. The second kappa shape index (κ2) is 11.6. The molecule has 0 N–H and O–H groups in total. The Balaban J connectivity index is 1.38. The first-order chi connectivity index (χ1) is 20.0. The minimum absolute atomic E-state index is 0.0151. The highest BCUT2D eigenvalue weighted by atomic mass is 32.2. The number of nitro benzene ring substituents is 1. The maximum atomic E-state index is 13.1. The number of ether oxygens (including phenoxy) is 2. The molecule has 0 aromatic heterocycles. The monoisotopic (exact) mass is 594 g/mol. The summed E-state index contributed by atoms with van der Waals surface area (Å²) in [5.74, 6) is -0.717. The van der Waals surface area contributed by atoms with Crippen LogP contribution in [0.2, 0.25) is 0 Å². The van der Waals surface area contributed by atoms with Crippen LogP contribution in [0.1, 0.15) is 23.6 Å². The lowest BCUT2D eigenvalue weighted by Gasteiger charge is -2.14. The van der Waals surface area contributed by atoms with E-state index in [4.69, 9.17) is 9.47 Å². The predicted octanol–water partition coefficient (Wildman–Crippen LogP) is 8.19. The number of rotatable bonds is 8. The number of hydrogen-bond acceptors (Lipinski definition) is 7. The molecule has 2 amide bonds. The average molecular weight is 595 g/mol. The number of carbonyl (C=O) groups is 2. The number of benzene rings is 4. The molecule has 214 valence electrons. The van der Waals surface area contributed by atoms with Crippen LogP contribution in [0.5, 0.6) is 17.2 Å². The van der Waals surface area contributed by atoms with Gasteiger partial charge < -0.3 is 9.47 Å². The van der Waals surface area contributed by atoms with E-state index < -0.39 is 39.2 Å². The largest absolute Gasteiger partial charge is 0.490 e. The van der Waals surface area contributed by atoms with Crippen LogP contribution in [-0.4, -0.2) is 27.6 Å². The van der Waals surface area contributed by atoms with E-state index in [1.807, 2.05) is 42.5 Å². The summed E-state index contributed by atoms with van der Waals surface area (Å²) in [4.78, 5) is 37.7. The van der Waals surface area contributed by atoms with Gasteiger partial charge in [0.1, 0.15) is 0 Å². The zero-order valence-corrected chi connectivity index (χ0v) is 22.7. The summed E-state index contributed by atoms with van der Waals surface area (Å²) in [7, 11) is 0. The Morgan fingerprint density at radius 1 is 0.929 bits per heavy atom. The number of imide groups is 1. The molecule has 0 bridgehead atoms. The molecule has 42 heavy (non-hydrogen) atoms. The average Bonchev–Trinajstić information content (AvgIpc) is 3.21. The van der Waals surface area contributed by atoms with Gasteiger partial charge in [-0.3, -0.25) is 24.6 Å². The highest BCUT2D eigenvalue weighted by Gasteiger charge is 2.35. The second-order valence-electron chi connectivity index (χ2n) is 9.13. The third kappa shape index (κ3) is 6.08. The summed E-state index contributed by atoms with van der Waals surface area (Å²) in [6, 6.07) is 19.9. The zero-order valence-electron chi connectivity index (χ0n) is 21.9. The third-order valence-corrected chi connectivity index (χ3v) is 7.20. The van der Waals surface area contributed by atoms with Gasteiger partial charge in [0.25, 0.3) is 11.1 Å². The van der Waals surface area contributed by atoms with Crippen LogP contribution in [0.15, 0.2) is 83.8 Å². The molecule has 0 aliphatic carbocycles. The molecule has 4 aromatic carbocycles. The number of hydrogen-bond donors (Lipinski definition) is 0. The van der Waals surface area contributed by atoms with Gasteiger partial charge in [0.2, 0.25) is 5.75 Å². The number of nitrogens with zero attached hydrogens (tertiary/aromatic N) is 2. The van der Waals surface area contributed by atoms with Gasteiger partial charge in [0.05, 0.1) is 28.5 Å². The van der Waals surface area contributed by atoms with Crippen LogP contribution >= 0.6 is 11.8 Å². The number of fused-ring (bicyclic) bond motifs is 1. The van der Waals surface area contributed by atoms with Gasteiger partial charge in [-0.1, -0.05) is 42.5 Å². The Morgan fingerprint density at radius 2 is 1.67 bits per heavy atom. The standard InChI is InChI=1S/C30H21F3N2O6S/c1-2-40-26-14-18(8-11-25(26)41-24-12-10-22(30(31,32)33)16-23(24)35(38)39)15-27-28(36)34(29(37)42-27)17-19-7-9-20-5-3-4-6-21(20)13-19/h3-16H,2,17H2,1H3/b27-15-. The quantitative estimate of drug-likeness (QED) is 0.115. The highest BCUT2D eigenvalue weighted by molar-refractivity contribution is 8.18. The molecule has 0 unspecified atom stereocenters. The SMILES string of the molecule is CCOc1cc(/C=C2\SC(=O)N(Cc3ccc4ccccc4c3)C2=O)ccc1Oc1ccc(C(F)(F)F)cc1[N+](=O)[O-]. The molecule has 1 heterocycles. The van der Waals surface area contributed by atoms with Crippen LogP contribution in [0.25, 0.3) is 16.8 Å². The summed E-state index contributed by atoms with van der Waals surface area (Å²) in [5.41, 5.74) is -0.772. The van der Waals surface area contributed by atoms with Gasteiger partial charge in [-0.25, -0.2) is 0 Å². The summed E-state index contributed by atoms with van der Waals surface area (Å²) in [5, 5.41) is 13.1. The lowest BCUT2D eigenvalue weighted by atomic mass is 10.1. The number of amides is 2. The van der Waals surface area contributed by atoms with Crippen molar-refractivity contribution in [1.82, 2.24) is 4.90 Å². The first-order valence-electron chi connectivity index (χ1n) is 12.6. The fraction of sp³-hybridized carbons (Fsp3) is 0.133. The Labute approximate surface area is 241 Å². The topological polar surface area (TPSA) is 99.0 Å². The predicted molar refractivity (Wildman–Crippen MR) is 151 cm³/mol. The maximum absolute atomic E-state index is 13.1. The number of nitro groups is 1. The van der Waals surface area contributed by atoms with Crippen molar-refractivity contribution in [3.05, 3.63) is 111 Å². The van der Waals surface area contributed by atoms with Crippen LogP contribution in [-0.2, 0) is 17.5 Å². The number of alkyl halides is 3. The van der Waals surface area contributed by atoms with Crippen LogP contribution in [0.4, 0.5) is 23.7 Å². The number of carbonyl (C=O) groups excluding carboxylic acids is 2. The van der Waals surface area contributed by atoms with E-state index in [0.717, 1.165) is 39.1 Å². The van der Waals surface area contributed by atoms with Gasteiger partial charge in [0, 0.05) is 6.07 Å². The van der Waals surface area contributed by atoms with Crippen molar-refractivity contribution in [2.45, 2.75) is 19.6 Å². The first-order valence-corrected chi connectivity index (χ1v) is 13.4. The molecule has 0 radical (unpaired) electrons. The molecule has 0 spiro atoms. The number of thioether (sulfide) groups is 1. The Morgan fingerprint density at radius 3 is 2.38 bits per heavy atom. The Hall–Kier alpha value is -4.84. The molecular formula is C30H21F3N2O6S. The zero-order chi connectivity index (χ0) is 30.0. The van der Waals surface area contributed by atoms with Crippen molar-refractivity contribution in [1.29, 1.82) is 0 Å². The molecule has 0 saturated carbocycles. The molecular weight excluding hydrogens is 573 g/mol. The van der Waals surface area contributed by atoms with Crippen LogP contribution in [0, 0.1) is 10.1 Å². The fourth-order valence-electron chi connectivity index (χ4n) is 4.32. The maximum Gasteiger partial charge on any atom is 0.416 e. The van der Waals surface area contributed by atoms with Crippen molar-refractivity contribution in [2.24, 2.45) is 0 Å². The number of halogens is 3. The van der Waals surface area contributed by atoms with Crippen molar-refractivity contribution in [3.8, 4) is 17.2 Å². The van der Waals surface area contributed by atoms with Crippen molar-refractivity contribution in [2.75, 3.05) is 6.61 Å². The second-order valence-corrected chi connectivity index (χ2v) is 10.1. The van der Waals surface area contributed by atoms with E-state index in [-0.39, 0.29) is 29.6 Å². The van der Waals surface area contributed by atoms with Gasteiger partial charge in [0.15, 0.2) is 11.5 Å². The molecule has 4 aromatic rings. The minimum Gasteiger partial charge on any atom is -0.490 e. The van der Waals surface area contributed by atoms with E-state index in [2.05, 4.69) is 0 Å². The van der Waals surface area contributed by atoms with Gasteiger partial charge in [-0.2, -0.15) is 13.2 Å². The summed E-state index contributed by atoms with van der Waals surface area (Å²) < 4.78 is 50.4. The smallest absolute Gasteiger partial charge is 0.416 e. The third-order valence-electron chi connectivity index (χ3n) is 6.30. The molecule has 5 rings (SSSR count). The normalized spacial score (nSPS) is 14.6. The van der Waals surface area contributed by atoms with Crippen molar-refractivity contribution in [3.63, 3.8) is 0 Å². The van der Waals surface area contributed by atoms with E-state index in [9.17, 15) is 32.9 Å². The van der Waals surface area contributed by atoms with E-state index in [1.165, 1.54) is 24.3 Å². The molecule has 8 nitrogen and oxygen atoms in total. The molecule has 1 saturated heterocycles. The van der Waals surface area contributed by atoms with Gasteiger partial charge in [-0.15, -0.1) is 0 Å². The molecule has 1 fully saturated rings. The first kappa shape index (κ1) is 28.7. The Kier molecular flexibility index (Phi) is 7.90. The minimum atomic E-state index is -4.77. The molecule has 0 atom stereocenters. The highest BCUT2D eigenvalue weighted by Crippen LogP contribution is 2.41. The Bertz CT molecular complexity index is 1760. The summed E-state index contributed by atoms with van der Waals surface area (Å²) in [6.45, 7) is 1.97. The van der Waals surface area contributed by atoms with E-state index in [1.54, 1.807) is 6.92 Å².